The molecule has 0 aliphatic heterocycles. The van der Waals surface area contributed by atoms with Crippen LogP contribution in [0.5, 0.6) is 0 Å². The topological polar surface area (TPSA) is 26.0 Å². The van der Waals surface area contributed by atoms with E-state index in [9.17, 15) is 8.78 Å². The van der Waals surface area contributed by atoms with Crippen LogP contribution in [-0.2, 0) is 0 Å². The Labute approximate surface area is 116 Å². The van der Waals surface area contributed by atoms with E-state index in [2.05, 4.69) is 0 Å². The van der Waals surface area contributed by atoms with Gasteiger partial charge in [-0.1, -0.05) is 17.7 Å². The van der Waals surface area contributed by atoms with Gasteiger partial charge in [0.05, 0.1) is 6.04 Å². The lowest BCUT2D eigenvalue weighted by Crippen LogP contribution is -2.15. The zero-order chi connectivity index (χ0) is 14.2. The van der Waals surface area contributed by atoms with Crippen LogP contribution in [0.4, 0.5) is 8.78 Å². The largest absolute Gasteiger partial charge is 0.320 e. The Morgan fingerprint density at radius 3 is 2.26 bits per heavy atom. The molecule has 0 aliphatic rings. The molecule has 0 amide bonds. The van der Waals surface area contributed by atoms with Gasteiger partial charge >= 0.3 is 0 Å². The first-order valence-electron chi connectivity index (χ1n) is 5.87. The molecule has 0 bridgehead atoms. The zero-order valence-electron chi connectivity index (χ0n) is 10.7. The molecule has 0 saturated heterocycles. The molecule has 1 nitrogen and oxygen atoms in total. The summed E-state index contributed by atoms with van der Waals surface area (Å²) in [5, 5.41) is 0.587. The van der Waals surface area contributed by atoms with Gasteiger partial charge < -0.3 is 5.73 Å². The van der Waals surface area contributed by atoms with Gasteiger partial charge in [-0.25, -0.2) is 8.78 Å². The van der Waals surface area contributed by atoms with E-state index in [0.29, 0.717) is 5.02 Å². The van der Waals surface area contributed by atoms with E-state index in [0.717, 1.165) is 23.3 Å². The van der Waals surface area contributed by atoms with Crippen molar-refractivity contribution in [1.82, 2.24) is 0 Å². The molecule has 2 aromatic carbocycles. The van der Waals surface area contributed by atoms with Crippen molar-refractivity contribution in [1.29, 1.82) is 0 Å². The van der Waals surface area contributed by atoms with Crippen molar-refractivity contribution in [2.45, 2.75) is 19.9 Å². The highest BCUT2D eigenvalue weighted by molar-refractivity contribution is 6.30. The molecule has 2 N–H and O–H groups in total. The molecule has 0 radical (unpaired) electrons. The summed E-state index contributed by atoms with van der Waals surface area (Å²) < 4.78 is 27.5. The molecule has 4 heteroatoms. The number of halogens is 3. The highest BCUT2D eigenvalue weighted by Gasteiger charge is 2.17. The molecule has 0 saturated carbocycles. The van der Waals surface area contributed by atoms with Crippen molar-refractivity contribution >= 4 is 11.6 Å². The Hall–Kier alpha value is -1.45. The molecular weight excluding hydrogens is 268 g/mol. The van der Waals surface area contributed by atoms with Gasteiger partial charge in [0.25, 0.3) is 0 Å². The molecule has 100 valence electrons. The van der Waals surface area contributed by atoms with Crippen molar-refractivity contribution < 1.29 is 8.78 Å². The third-order valence-corrected chi connectivity index (χ3v) is 3.42. The maximum absolute atomic E-state index is 13.9. The van der Waals surface area contributed by atoms with Crippen LogP contribution < -0.4 is 5.73 Å². The molecule has 0 heterocycles. The van der Waals surface area contributed by atoms with Gasteiger partial charge in [0.1, 0.15) is 11.6 Å². The van der Waals surface area contributed by atoms with E-state index < -0.39 is 17.7 Å². The number of aryl methyl sites for hydroxylation is 2. The predicted octanol–water partition coefficient (Wildman–Crippen LogP) is 4.28. The van der Waals surface area contributed by atoms with Gasteiger partial charge in [-0.2, -0.15) is 0 Å². The van der Waals surface area contributed by atoms with Crippen LogP contribution in [0.3, 0.4) is 0 Å². The van der Waals surface area contributed by atoms with Crippen LogP contribution in [0.15, 0.2) is 30.3 Å². The Morgan fingerprint density at radius 2 is 1.63 bits per heavy atom. The first kappa shape index (κ1) is 14.0. The number of nitrogens with two attached hydrogens (primary N) is 1. The molecule has 0 fully saturated rings. The minimum Gasteiger partial charge on any atom is -0.320 e. The Morgan fingerprint density at radius 1 is 0.947 bits per heavy atom. The maximum atomic E-state index is 13.9. The molecule has 0 aliphatic carbocycles. The standard InChI is InChI=1S/C15H14ClF2N/c1-8-5-10(16)3-4-11(8)15(19)12-7-13(17)9(2)6-14(12)18/h3-7,15H,19H2,1-2H3. The van der Waals surface area contributed by atoms with Crippen molar-refractivity contribution in [2.24, 2.45) is 5.73 Å². The number of hydrogen-bond acceptors (Lipinski definition) is 1. The molecule has 0 spiro atoms. The summed E-state index contributed by atoms with van der Waals surface area (Å²) in [6.07, 6.45) is 0. The van der Waals surface area contributed by atoms with Crippen LogP contribution in [0.25, 0.3) is 0 Å². The van der Waals surface area contributed by atoms with E-state index in [-0.39, 0.29) is 11.1 Å². The summed E-state index contributed by atoms with van der Waals surface area (Å²) >= 11 is 5.87. The number of rotatable bonds is 2. The Kier molecular flexibility index (Phi) is 3.88. The minimum atomic E-state index is -0.715. The van der Waals surface area contributed by atoms with Gasteiger partial charge in [0, 0.05) is 10.6 Å². The van der Waals surface area contributed by atoms with Crippen LogP contribution in [0.1, 0.15) is 28.3 Å². The Balaban J connectivity index is 2.49. The summed E-state index contributed by atoms with van der Waals surface area (Å²) in [6.45, 7) is 3.35. The molecule has 1 atom stereocenters. The van der Waals surface area contributed by atoms with Crippen molar-refractivity contribution in [3.8, 4) is 0 Å². The third-order valence-electron chi connectivity index (χ3n) is 3.18. The van der Waals surface area contributed by atoms with Crippen molar-refractivity contribution in [3.63, 3.8) is 0 Å². The van der Waals surface area contributed by atoms with Gasteiger partial charge in [-0.15, -0.1) is 0 Å². The van der Waals surface area contributed by atoms with E-state index in [1.807, 2.05) is 6.92 Å². The van der Waals surface area contributed by atoms with Gasteiger partial charge in [-0.3, -0.25) is 0 Å². The molecular formula is C15H14ClF2N. The number of benzene rings is 2. The molecule has 2 aromatic rings. The summed E-state index contributed by atoms with van der Waals surface area (Å²) in [6, 6.07) is 6.77. The summed E-state index contributed by atoms with van der Waals surface area (Å²) in [4.78, 5) is 0. The smallest absolute Gasteiger partial charge is 0.128 e. The SMILES string of the molecule is Cc1cc(F)c(C(N)c2ccc(Cl)cc2C)cc1F. The molecule has 0 aromatic heterocycles. The molecule has 2 rings (SSSR count). The third kappa shape index (κ3) is 2.77. The fraction of sp³-hybridized carbons (Fsp3) is 0.200. The second kappa shape index (κ2) is 5.27. The predicted molar refractivity (Wildman–Crippen MR) is 73.3 cm³/mol. The summed E-state index contributed by atoms with van der Waals surface area (Å²) in [7, 11) is 0. The van der Waals surface area contributed by atoms with Gasteiger partial charge in [-0.05, 0) is 54.8 Å². The monoisotopic (exact) mass is 281 g/mol. The lowest BCUT2D eigenvalue weighted by Gasteiger charge is -2.17. The summed E-state index contributed by atoms with van der Waals surface area (Å²) in [5.41, 5.74) is 8.02. The zero-order valence-corrected chi connectivity index (χ0v) is 11.4. The minimum absolute atomic E-state index is 0.147. The first-order chi connectivity index (χ1) is 8.90. The van der Waals surface area contributed by atoms with Crippen molar-refractivity contribution in [3.05, 3.63) is 69.2 Å². The normalized spacial score (nSPS) is 12.5. The van der Waals surface area contributed by atoms with Gasteiger partial charge in [0.2, 0.25) is 0 Å². The average Bonchev–Trinajstić information content (AvgIpc) is 2.33. The number of hydrogen-bond donors (Lipinski definition) is 1. The summed E-state index contributed by atoms with van der Waals surface area (Å²) in [5.74, 6) is -0.959. The fourth-order valence-corrected chi connectivity index (χ4v) is 2.28. The Bertz CT molecular complexity index is 626. The highest BCUT2D eigenvalue weighted by Crippen LogP contribution is 2.28. The maximum Gasteiger partial charge on any atom is 0.128 e. The van der Waals surface area contributed by atoms with Crippen molar-refractivity contribution in [2.75, 3.05) is 0 Å². The van der Waals surface area contributed by atoms with Crippen LogP contribution in [-0.4, -0.2) is 0 Å². The molecule has 19 heavy (non-hydrogen) atoms. The van der Waals surface area contributed by atoms with E-state index in [1.165, 1.54) is 6.92 Å². The quantitative estimate of drug-likeness (QED) is 0.873. The van der Waals surface area contributed by atoms with E-state index >= 15 is 0 Å². The fourth-order valence-electron chi connectivity index (χ4n) is 2.06. The molecule has 1 unspecified atom stereocenters. The first-order valence-corrected chi connectivity index (χ1v) is 6.25. The van der Waals surface area contributed by atoms with E-state index in [1.54, 1.807) is 18.2 Å². The second-order valence-corrected chi connectivity index (χ2v) is 5.04. The van der Waals surface area contributed by atoms with E-state index in [4.69, 9.17) is 17.3 Å². The van der Waals surface area contributed by atoms with Crippen LogP contribution in [0.2, 0.25) is 5.02 Å². The van der Waals surface area contributed by atoms with Gasteiger partial charge in [0.15, 0.2) is 0 Å². The second-order valence-electron chi connectivity index (χ2n) is 4.60. The average molecular weight is 282 g/mol. The lowest BCUT2D eigenvalue weighted by molar-refractivity contribution is 0.570. The lowest BCUT2D eigenvalue weighted by atomic mass is 9.94. The van der Waals surface area contributed by atoms with Crippen LogP contribution >= 0.6 is 11.6 Å². The highest BCUT2D eigenvalue weighted by atomic mass is 35.5. The van der Waals surface area contributed by atoms with Crippen LogP contribution in [0, 0.1) is 25.5 Å².